The number of benzene rings is 1. The van der Waals surface area contributed by atoms with Crippen molar-refractivity contribution < 1.29 is 17.6 Å². The maximum absolute atomic E-state index is 13.0. The molecule has 0 aliphatic heterocycles. The molecule has 0 radical (unpaired) electrons. The number of hydrogen-bond donors (Lipinski definition) is 1. The van der Waals surface area contributed by atoms with E-state index in [-0.39, 0.29) is 24.2 Å². The fourth-order valence-corrected chi connectivity index (χ4v) is 4.67. The Bertz CT molecular complexity index is 690. The van der Waals surface area contributed by atoms with Crippen LogP contribution in [0.3, 0.4) is 0 Å². The Balaban J connectivity index is 1.69. The average molecular weight is 340 g/mol. The molecule has 0 unspecified atom stereocenters. The van der Waals surface area contributed by atoms with E-state index in [0.29, 0.717) is 11.8 Å². The smallest absolute Gasteiger partial charge is 0.241 e. The zero-order valence-corrected chi connectivity index (χ0v) is 13.9. The summed E-state index contributed by atoms with van der Waals surface area (Å²) in [5.41, 5.74) is 0.289. The minimum absolute atomic E-state index is 0.163. The number of anilines is 1. The summed E-state index contributed by atoms with van der Waals surface area (Å²) in [5.74, 6) is 0.473. The summed E-state index contributed by atoms with van der Waals surface area (Å²) in [4.78, 5) is 12.3. The molecule has 2 aliphatic carbocycles. The van der Waals surface area contributed by atoms with Crippen molar-refractivity contribution >= 4 is 21.6 Å². The van der Waals surface area contributed by atoms with Gasteiger partial charge >= 0.3 is 0 Å². The van der Waals surface area contributed by atoms with Gasteiger partial charge in [-0.15, -0.1) is 0 Å². The first-order chi connectivity index (χ1) is 10.8. The second kappa shape index (κ2) is 6.11. The molecule has 2 aliphatic rings. The summed E-state index contributed by atoms with van der Waals surface area (Å²) in [6.45, 7) is -0.279. The molecule has 2 bridgehead atoms. The highest BCUT2D eigenvalue weighted by Crippen LogP contribution is 2.44. The number of nitrogens with one attached hydrogen (secondary N) is 1. The summed E-state index contributed by atoms with van der Waals surface area (Å²) < 4.78 is 38.0. The molecule has 126 valence electrons. The summed E-state index contributed by atoms with van der Waals surface area (Å²) >= 11 is 0. The van der Waals surface area contributed by atoms with Gasteiger partial charge in [-0.1, -0.05) is 6.42 Å². The maximum Gasteiger partial charge on any atom is 0.241 e. The van der Waals surface area contributed by atoms with E-state index in [4.69, 9.17) is 0 Å². The summed E-state index contributed by atoms with van der Waals surface area (Å²) in [6, 6.07) is 5.25. The average Bonchev–Trinajstić information content (AvgIpc) is 3.07. The van der Waals surface area contributed by atoms with Crippen LogP contribution >= 0.6 is 0 Å². The lowest BCUT2D eigenvalue weighted by Crippen LogP contribution is -2.45. The topological polar surface area (TPSA) is 66.5 Å². The van der Waals surface area contributed by atoms with Gasteiger partial charge in [-0.25, -0.2) is 12.8 Å². The van der Waals surface area contributed by atoms with Crippen LogP contribution in [-0.4, -0.2) is 33.2 Å². The lowest BCUT2D eigenvalue weighted by Gasteiger charge is -2.26. The number of carbonyl (C=O) groups excluding carboxylic acids is 1. The van der Waals surface area contributed by atoms with Gasteiger partial charge < -0.3 is 5.32 Å². The first-order valence-corrected chi connectivity index (χ1v) is 9.70. The predicted octanol–water partition coefficient (Wildman–Crippen LogP) is 1.90. The van der Waals surface area contributed by atoms with Crippen molar-refractivity contribution in [2.24, 2.45) is 11.8 Å². The number of amides is 1. The van der Waals surface area contributed by atoms with Gasteiger partial charge in [-0.05, 0) is 55.4 Å². The molecule has 1 amide bonds. The molecule has 1 aromatic rings. The zero-order chi connectivity index (χ0) is 16.6. The van der Waals surface area contributed by atoms with Gasteiger partial charge in [0.1, 0.15) is 12.4 Å². The highest BCUT2D eigenvalue weighted by atomic mass is 32.2. The largest absolute Gasteiger partial charge is 0.352 e. The minimum atomic E-state index is -3.62. The first-order valence-electron chi connectivity index (χ1n) is 7.85. The molecule has 0 saturated heterocycles. The standard InChI is InChI=1S/C16H21FN2O3S/c1-23(21,22)19(14-6-4-13(17)5-7-14)10-16(20)18-15-9-11-2-3-12(15)8-11/h4-7,11-12,15H,2-3,8-10H2,1H3,(H,18,20)/t11-,12-,15-/m0/s1. The lowest BCUT2D eigenvalue weighted by molar-refractivity contribution is -0.120. The second-order valence-electron chi connectivity index (χ2n) is 6.59. The van der Waals surface area contributed by atoms with Gasteiger partial charge in [0.15, 0.2) is 0 Å². The van der Waals surface area contributed by atoms with Crippen LogP contribution in [0.5, 0.6) is 0 Å². The van der Waals surface area contributed by atoms with Crippen molar-refractivity contribution in [2.75, 3.05) is 17.1 Å². The molecule has 3 rings (SSSR count). The molecule has 1 N–H and O–H groups in total. The van der Waals surface area contributed by atoms with E-state index in [1.807, 2.05) is 0 Å². The van der Waals surface area contributed by atoms with E-state index >= 15 is 0 Å². The van der Waals surface area contributed by atoms with Crippen molar-refractivity contribution in [3.05, 3.63) is 30.1 Å². The van der Waals surface area contributed by atoms with E-state index in [1.165, 1.54) is 37.1 Å². The SMILES string of the molecule is CS(=O)(=O)N(CC(=O)N[C@H]1C[C@H]2CC[C@H]1C2)c1ccc(F)cc1. The first kappa shape index (κ1) is 16.2. The molecule has 1 aromatic carbocycles. The van der Waals surface area contributed by atoms with Crippen LogP contribution in [0.2, 0.25) is 0 Å². The van der Waals surface area contributed by atoms with Gasteiger partial charge in [0, 0.05) is 6.04 Å². The molecule has 2 saturated carbocycles. The van der Waals surface area contributed by atoms with Gasteiger partial charge in [0.25, 0.3) is 0 Å². The molecule has 23 heavy (non-hydrogen) atoms. The number of rotatable bonds is 5. The van der Waals surface area contributed by atoms with E-state index in [2.05, 4.69) is 5.32 Å². The number of carbonyl (C=O) groups is 1. The van der Waals surface area contributed by atoms with Crippen LogP contribution in [0, 0.1) is 17.7 Å². The molecule has 0 heterocycles. The molecular formula is C16H21FN2O3S. The summed E-state index contributed by atoms with van der Waals surface area (Å²) in [6.07, 6.45) is 5.58. The molecular weight excluding hydrogens is 319 g/mol. The monoisotopic (exact) mass is 340 g/mol. The highest BCUT2D eigenvalue weighted by molar-refractivity contribution is 7.92. The number of nitrogens with zero attached hydrogens (tertiary/aromatic N) is 1. The van der Waals surface area contributed by atoms with Crippen LogP contribution in [0.25, 0.3) is 0 Å². The molecule has 5 nitrogen and oxygen atoms in total. The van der Waals surface area contributed by atoms with Crippen molar-refractivity contribution in [3.8, 4) is 0 Å². The van der Waals surface area contributed by atoms with Crippen molar-refractivity contribution in [2.45, 2.75) is 31.7 Å². The number of sulfonamides is 1. The fourth-order valence-electron chi connectivity index (χ4n) is 3.81. The van der Waals surface area contributed by atoms with Crippen LogP contribution in [0.15, 0.2) is 24.3 Å². The van der Waals surface area contributed by atoms with Crippen molar-refractivity contribution in [3.63, 3.8) is 0 Å². The number of fused-ring (bicyclic) bond motifs is 2. The Hall–Kier alpha value is -1.63. The molecule has 0 spiro atoms. The third-order valence-electron chi connectivity index (χ3n) is 4.89. The maximum atomic E-state index is 13.0. The Labute approximate surface area is 135 Å². The van der Waals surface area contributed by atoms with Gasteiger partial charge in [0.05, 0.1) is 11.9 Å². The fraction of sp³-hybridized carbons (Fsp3) is 0.562. The zero-order valence-electron chi connectivity index (χ0n) is 13.0. The Kier molecular flexibility index (Phi) is 4.31. The van der Waals surface area contributed by atoms with E-state index in [9.17, 15) is 17.6 Å². The highest BCUT2D eigenvalue weighted by Gasteiger charge is 2.40. The quantitative estimate of drug-likeness (QED) is 0.890. The van der Waals surface area contributed by atoms with Gasteiger partial charge in [0.2, 0.25) is 15.9 Å². The van der Waals surface area contributed by atoms with E-state index in [1.54, 1.807) is 0 Å². The minimum Gasteiger partial charge on any atom is -0.352 e. The summed E-state index contributed by atoms with van der Waals surface area (Å²) in [7, 11) is -3.62. The molecule has 2 fully saturated rings. The van der Waals surface area contributed by atoms with Crippen LogP contribution in [0.4, 0.5) is 10.1 Å². The van der Waals surface area contributed by atoms with Gasteiger partial charge in [-0.2, -0.15) is 0 Å². The van der Waals surface area contributed by atoms with Crippen molar-refractivity contribution in [1.82, 2.24) is 5.32 Å². The van der Waals surface area contributed by atoms with E-state index < -0.39 is 15.8 Å². The normalized spacial score (nSPS) is 26.3. The van der Waals surface area contributed by atoms with Gasteiger partial charge in [-0.3, -0.25) is 9.10 Å². The Morgan fingerprint density at radius 2 is 1.96 bits per heavy atom. The molecule has 7 heteroatoms. The van der Waals surface area contributed by atoms with Crippen molar-refractivity contribution in [1.29, 1.82) is 0 Å². The van der Waals surface area contributed by atoms with E-state index in [0.717, 1.165) is 23.4 Å². The second-order valence-corrected chi connectivity index (χ2v) is 8.50. The van der Waals surface area contributed by atoms with Crippen LogP contribution < -0.4 is 9.62 Å². The number of hydrogen-bond acceptors (Lipinski definition) is 3. The Morgan fingerprint density at radius 3 is 2.48 bits per heavy atom. The van der Waals surface area contributed by atoms with Crippen LogP contribution in [0.1, 0.15) is 25.7 Å². The summed E-state index contributed by atoms with van der Waals surface area (Å²) in [5, 5.41) is 2.97. The predicted molar refractivity (Wildman–Crippen MR) is 86.0 cm³/mol. The van der Waals surface area contributed by atoms with Crippen LogP contribution in [-0.2, 0) is 14.8 Å². The third kappa shape index (κ3) is 3.65. The number of halogens is 1. The molecule has 0 aromatic heterocycles. The Morgan fingerprint density at radius 1 is 1.26 bits per heavy atom. The molecule has 3 atom stereocenters. The third-order valence-corrected chi connectivity index (χ3v) is 6.03. The lowest BCUT2D eigenvalue weighted by atomic mass is 9.95.